The molecule has 20 heavy (non-hydrogen) atoms. The molecule has 0 spiro atoms. The number of benzene rings is 1. The van der Waals surface area contributed by atoms with Crippen molar-refractivity contribution in [2.24, 2.45) is 0 Å². The number of aliphatic hydroxyl groups is 3. The molecule has 1 aromatic carbocycles. The molecule has 1 saturated heterocycles. The van der Waals surface area contributed by atoms with E-state index in [0.717, 1.165) is 4.57 Å². The van der Waals surface area contributed by atoms with E-state index in [1.165, 1.54) is 6.33 Å². The molecule has 0 bridgehead atoms. The largest absolute Gasteiger partial charge is 0.394 e. The van der Waals surface area contributed by atoms with Crippen LogP contribution in [0.5, 0.6) is 0 Å². The van der Waals surface area contributed by atoms with Crippen LogP contribution in [0.1, 0.15) is 6.23 Å². The number of aliphatic hydroxyl groups excluding tert-OH is 3. The fourth-order valence-corrected chi connectivity index (χ4v) is 2.37. The van der Waals surface area contributed by atoms with Crippen LogP contribution >= 0.6 is 0 Å². The first kappa shape index (κ1) is 13.2. The molecule has 106 valence electrons. The second kappa shape index (κ2) is 4.95. The normalized spacial score (nSPS) is 29.9. The first-order valence-electron chi connectivity index (χ1n) is 6.22. The third kappa shape index (κ3) is 1.92. The molecule has 1 aliphatic rings. The zero-order valence-corrected chi connectivity index (χ0v) is 10.5. The highest BCUT2D eigenvalue weighted by Crippen LogP contribution is 2.28. The minimum absolute atomic E-state index is 0.370. The molecule has 7 heteroatoms. The van der Waals surface area contributed by atoms with Crippen molar-refractivity contribution in [2.75, 3.05) is 6.61 Å². The van der Waals surface area contributed by atoms with Gasteiger partial charge in [0.05, 0.1) is 17.5 Å². The fourth-order valence-electron chi connectivity index (χ4n) is 2.37. The lowest BCUT2D eigenvalue weighted by Crippen LogP contribution is -2.35. The lowest BCUT2D eigenvalue weighted by Gasteiger charge is -2.17. The predicted molar refractivity (Wildman–Crippen MR) is 69.0 cm³/mol. The van der Waals surface area contributed by atoms with Crippen molar-refractivity contribution in [1.29, 1.82) is 0 Å². The quantitative estimate of drug-likeness (QED) is 0.651. The van der Waals surface area contributed by atoms with Crippen molar-refractivity contribution in [1.82, 2.24) is 9.55 Å². The summed E-state index contributed by atoms with van der Waals surface area (Å²) in [4.78, 5) is 16.5. The minimum atomic E-state index is -1.30. The number of hydrogen-bond acceptors (Lipinski definition) is 6. The third-order valence-electron chi connectivity index (χ3n) is 3.48. The highest BCUT2D eigenvalue weighted by molar-refractivity contribution is 5.76. The molecule has 0 aliphatic carbocycles. The van der Waals surface area contributed by atoms with Crippen molar-refractivity contribution in [3.63, 3.8) is 0 Å². The Morgan fingerprint density at radius 3 is 2.70 bits per heavy atom. The number of fused-ring (bicyclic) bond motifs is 1. The summed E-state index contributed by atoms with van der Waals surface area (Å²) in [5, 5.41) is 29.1. The lowest BCUT2D eigenvalue weighted by molar-refractivity contribution is -0.0545. The van der Waals surface area contributed by atoms with Crippen LogP contribution in [0.15, 0.2) is 35.4 Å². The molecule has 3 rings (SSSR count). The highest BCUT2D eigenvalue weighted by atomic mass is 16.6. The molecule has 7 nitrogen and oxygen atoms in total. The Bertz CT molecular complexity index is 686. The van der Waals surface area contributed by atoms with Gasteiger partial charge in [-0.25, -0.2) is 4.98 Å². The van der Waals surface area contributed by atoms with Gasteiger partial charge in [-0.1, -0.05) is 12.1 Å². The number of hydrogen-bond donors (Lipinski definition) is 3. The van der Waals surface area contributed by atoms with Gasteiger partial charge in [0.15, 0.2) is 6.23 Å². The van der Waals surface area contributed by atoms with Crippen LogP contribution in [0, 0.1) is 0 Å². The summed E-state index contributed by atoms with van der Waals surface area (Å²) in [6.07, 6.45) is -3.26. The first-order chi connectivity index (χ1) is 9.63. The maximum Gasteiger partial charge on any atom is 0.263 e. The summed E-state index contributed by atoms with van der Waals surface area (Å²) in [6.45, 7) is -0.440. The van der Waals surface area contributed by atoms with Crippen LogP contribution in [-0.4, -0.2) is 49.8 Å². The number of nitrogens with zero attached hydrogens (tertiary/aromatic N) is 2. The van der Waals surface area contributed by atoms with E-state index in [1.54, 1.807) is 24.3 Å². The SMILES string of the molecule is O=c1c2ccccc2ncn1[C@H]1O[C@@H](CO)[C@@H](O)[C@H]1O. The van der Waals surface area contributed by atoms with E-state index < -0.39 is 31.1 Å². The molecule has 1 aromatic heterocycles. The minimum Gasteiger partial charge on any atom is -0.394 e. The Morgan fingerprint density at radius 2 is 2.00 bits per heavy atom. The smallest absolute Gasteiger partial charge is 0.263 e. The molecule has 1 fully saturated rings. The molecule has 0 saturated carbocycles. The predicted octanol–water partition coefficient (Wildman–Crippen LogP) is -0.992. The van der Waals surface area contributed by atoms with E-state index in [0.29, 0.717) is 10.9 Å². The maximum absolute atomic E-state index is 12.4. The van der Waals surface area contributed by atoms with Gasteiger partial charge in [0.25, 0.3) is 5.56 Å². The van der Waals surface area contributed by atoms with E-state index in [9.17, 15) is 15.0 Å². The van der Waals surface area contributed by atoms with Crippen LogP contribution < -0.4 is 5.56 Å². The molecule has 0 amide bonds. The zero-order chi connectivity index (χ0) is 14.3. The zero-order valence-electron chi connectivity index (χ0n) is 10.5. The summed E-state index contributed by atoms with van der Waals surface area (Å²) >= 11 is 0. The Kier molecular flexibility index (Phi) is 3.27. The van der Waals surface area contributed by atoms with E-state index >= 15 is 0 Å². The molecule has 0 unspecified atom stereocenters. The molecule has 4 atom stereocenters. The standard InChI is InChI=1S/C13H14N2O5/c16-5-9-10(17)11(18)13(20-9)15-6-14-8-4-2-1-3-7(8)12(15)19/h1-4,6,9-11,13,16-18H,5H2/t9-,10+,11+,13-/m0/s1. The second-order valence-corrected chi connectivity index (χ2v) is 4.70. The topological polar surface area (TPSA) is 105 Å². The number of rotatable bonds is 2. The van der Waals surface area contributed by atoms with E-state index in [4.69, 9.17) is 9.84 Å². The van der Waals surface area contributed by atoms with Gasteiger partial charge in [-0.05, 0) is 12.1 Å². The first-order valence-corrected chi connectivity index (χ1v) is 6.22. The van der Waals surface area contributed by atoms with Gasteiger partial charge in [-0.2, -0.15) is 0 Å². The summed E-state index contributed by atoms with van der Waals surface area (Å²) in [7, 11) is 0. The molecule has 3 N–H and O–H groups in total. The van der Waals surface area contributed by atoms with Gasteiger partial charge in [-0.3, -0.25) is 9.36 Å². The van der Waals surface area contributed by atoms with Crippen molar-refractivity contribution in [3.8, 4) is 0 Å². The van der Waals surface area contributed by atoms with Gasteiger partial charge in [0, 0.05) is 0 Å². The van der Waals surface area contributed by atoms with Crippen molar-refractivity contribution in [3.05, 3.63) is 40.9 Å². The van der Waals surface area contributed by atoms with E-state index in [1.807, 2.05) is 0 Å². The van der Waals surface area contributed by atoms with Crippen LogP contribution in [0.3, 0.4) is 0 Å². The van der Waals surface area contributed by atoms with Crippen LogP contribution in [0.25, 0.3) is 10.9 Å². The summed E-state index contributed by atoms with van der Waals surface area (Å²) < 4.78 is 6.45. The Morgan fingerprint density at radius 1 is 1.25 bits per heavy atom. The van der Waals surface area contributed by atoms with Crippen molar-refractivity contribution < 1.29 is 20.1 Å². The Balaban J connectivity index is 2.07. The average Bonchev–Trinajstić information content (AvgIpc) is 2.76. The van der Waals surface area contributed by atoms with E-state index in [2.05, 4.69) is 4.98 Å². The molecule has 2 aromatic rings. The second-order valence-electron chi connectivity index (χ2n) is 4.70. The number of aromatic nitrogens is 2. The van der Waals surface area contributed by atoms with Gasteiger partial charge in [0.1, 0.15) is 24.6 Å². The number of ether oxygens (including phenoxy) is 1. The van der Waals surface area contributed by atoms with Crippen LogP contribution in [-0.2, 0) is 4.74 Å². The summed E-state index contributed by atoms with van der Waals surface area (Å²) in [6, 6.07) is 6.82. The van der Waals surface area contributed by atoms with Crippen molar-refractivity contribution in [2.45, 2.75) is 24.5 Å². The van der Waals surface area contributed by atoms with Crippen molar-refractivity contribution >= 4 is 10.9 Å². The molecule has 2 heterocycles. The lowest BCUT2D eigenvalue weighted by atomic mass is 10.1. The Hall–Kier alpha value is -1.80. The maximum atomic E-state index is 12.4. The third-order valence-corrected chi connectivity index (χ3v) is 3.48. The monoisotopic (exact) mass is 278 g/mol. The highest BCUT2D eigenvalue weighted by Gasteiger charge is 2.43. The van der Waals surface area contributed by atoms with Gasteiger partial charge in [-0.15, -0.1) is 0 Å². The summed E-state index contributed by atoms with van der Waals surface area (Å²) in [5.41, 5.74) is 0.172. The van der Waals surface area contributed by atoms with Crippen LogP contribution in [0.4, 0.5) is 0 Å². The molecular weight excluding hydrogens is 264 g/mol. The van der Waals surface area contributed by atoms with Gasteiger partial charge in [0.2, 0.25) is 0 Å². The fraction of sp³-hybridized carbons (Fsp3) is 0.385. The molecule has 1 aliphatic heterocycles. The van der Waals surface area contributed by atoms with Gasteiger partial charge < -0.3 is 20.1 Å². The van der Waals surface area contributed by atoms with E-state index in [-0.39, 0.29) is 5.56 Å². The van der Waals surface area contributed by atoms with Crippen LogP contribution in [0.2, 0.25) is 0 Å². The average molecular weight is 278 g/mol. The Labute approximate surface area is 113 Å². The number of para-hydroxylation sites is 1. The summed E-state index contributed by atoms with van der Waals surface area (Å²) in [5.74, 6) is 0. The molecular formula is C13H14N2O5. The van der Waals surface area contributed by atoms with Gasteiger partial charge >= 0.3 is 0 Å². The molecule has 0 radical (unpaired) electrons.